The Balaban J connectivity index is 1.70. The van der Waals surface area contributed by atoms with E-state index in [1.54, 1.807) is 24.3 Å². The van der Waals surface area contributed by atoms with Gasteiger partial charge in [0, 0.05) is 31.8 Å². The smallest absolute Gasteiger partial charge is 0.188 e. The van der Waals surface area contributed by atoms with Crippen LogP contribution in [0.4, 0.5) is 22.7 Å². The van der Waals surface area contributed by atoms with Crippen molar-refractivity contribution in [3.63, 3.8) is 0 Å². The van der Waals surface area contributed by atoms with Crippen LogP contribution >= 0.6 is 14.3 Å². The summed E-state index contributed by atoms with van der Waals surface area (Å²) in [5.41, 5.74) is 3.68. The lowest BCUT2D eigenvalue weighted by atomic mass is 10.1. The Bertz CT molecular complexity index is 1910. The average Bonchev–Trinajstić information content (AvgIpc) is 3.01. The number of aryl methyl sites for hydroxylation is 1. The van der Waals surface area contributed by atoms with Gasteiger partial charge in [-0.15, -0.1) is 0 Å². The first-order valence-electron chi connectivity index (χ1n) is 12.8. The Hall–Kier alpha value is -4.66. The van der Waals surface area contributed by atoms with Crippen LogP contribution in [0.1, 0.15) is 11.1 Å². The van der Waals surface area contributed by atoms with E-state index in [9.17, 15) is 5.26 Å². The molecule has 5 aromatic carbocycles. The maximum atomic E-state index is 15.6. The molecule has 2 unspecified atom stereocenters. The predicted octanol–water partition coefficient (Wildman–Crippen LogP) is 5.79. The van der Waals surface area contributed by atoms with E-state index in [1.807, 2.05) is 96.8 Å². The van der Waals surface area contributed by atoms with Crippen LogP contribution in [0.2, 0.25) is 0 Å². The normalized spacial score (nSPS) is 19.9. The van der Waals surface area contributed by atoms with E-state index in [0.29, 0.717) is 60.1 Å². The van der Waals surface area contributed by atoms with Gasteiger partial charge < -0.3 is 14.0 Å². The number of nitrogens with zero attached hydrogens (tertiary/aromatic N) is 3. The van der Waals surface area contributed by atoms with Crippen molar-refractivity contribution in [1.82, 2.24) is 0 Å². The molecule has 7 rings (SSSR count). The summed E-state index contributed by atoms with van der Waals surface area (Å²) in [6.07, 6.45) is 0. The van der Waals surface area contributed by atoms with Gasteiger partial charge in [-0.3, -0.25) is 0 Å². The molecule has 0 aromatic heterocycles. The van der Waals surface area contributed by atoms with Crippen molar-refractivity contribution in [3.05, 3.63) is 132 Å². The first-order valence-corrected chi connectivity index (χ1v) is 16.2. The topological polar surface area (TPSA) is 65.5 Å². The SMILES string of the molecule is [C-]#[N+]c1ccc2c(c1)P(=O)(c1ccccc1)c1cc(C)cc3c1N2c1ccc(C#N)cc1P3(=O)c1ccccc1. The van der Waals surface area contributed by atoms with Crippen molar-refractivity contribution in [2.75, 3.05) is 4.90 Å². The van der Waals surface area contributed by atoms with Gasteiger partial charge in [-0.1, -0.05) is 66.7 Å². The third-order valence-electron chi connectivity index (χ3n) is 7.71. The molecule has 0 amide bonds. The standard InChI is InChI=1S/C33H21N3O2P2/c1-22-17-31-33-32(18-22)40(38,26-11-7-4-8-12-26)30-20-24(35-2)14-16-28(30)36(33)27-15-13-23(21-34)19-29(27)39(31,37)25-9-5-3-6-10-25/h3-20H,1H3. The summed E-state index contributed by atoms with van der Waals surface area (Å²) in [7, 11) is -6.98. The van der Waals surface area contributed by atoms with Crippen LogP contribution in [0.5, 0.6) is 0 Å². The van der Waals surface area contributed by atoms with E-state index < -0.39 is 14.3 Å². The number of rotatable bonds is 2. The summed E-state index contributed by atoms with van der Waals surface area (Å²) in [5, 5.41) is 13.5. The largest absolute Gasteiger partial charge is 0.309 e. The molecule has 0 saturated carbocycles. The molecule has 0 bridgehead atoms. The second kappa shape index (κ2) is 8.67. The van der Waals surface area contributed by atoms with E-state index in [1.165, 1.54) is 0 Å². The summed E-state index contributed by atoms with van der Waals surface area (Å²) in [6.45, 7) is 9.61. The fraction of sp³-hybridized carbons (Fsp3) is 0.0303. The summed E-state index contributed by atoms with van der Waals surface area (Å²) in [4.78, 5) is 5.68. The molecule has 0 N–H and O–H groups in total. The molecular weight excluding hydrogens is 532 g/mol. The molecule has 0 aliphatic carbocycles. The van der Waals surface area contributed by atoms with Crippen molar-refractivity contribution < 1.29 is 9.13 Å². The lowest BCUT2D eigenvalue weighted by Gasteiger charge is -2.44. The van der Waals surface area contributed by atoms with Gasteiger partial charge in [0.15, 0.2) is 20.0 Å². The fourth-order valence-corrected chi connectivity index (χ4v) is 12.3. The van der Waals surface area contributed by atoms with Crippen LogP contribution < -0.4 is 36.7 Å². The molecule has 0 radical (unpaired) electrons. The van der Waals surface area contributed by atoms with E-state index in [4.69, 9.17) is 6.57 Å². The second-order valence-electron chi connectivity index (χ2n) is 9.98. The molecule has 2 atom stereocenters. The third-order valence-corrected chi connectivity index (χ3v) is 13.9. The van der Waals surface area contributed by atoms with Gasteiger partial charge in [0.2, 0.25) is 0 Å². The summed E-state index contributed by atoms with van der Waals surface area (Å²) < 4.78 is 31.3. The number of fused-ring (bicyclic) bond motifs is 4. The van der Waals surface area contributed by atoms with Crippen molar-refractivity contribution >= 4 is 68.9 Å². The molecule has 40 heavy (non-hydrogen) atoms. The van der Waals surface area contributed by atoms with Gasteiger partial charge in [-0.25, -0.2) is 4.85 Å². The number of nitriles is 1. The molecule has 0 saturated heterocycles. The molecule has 5 nitrogen and oxygen atoms in total. The highest BCUT2D eigenvalue weighted by molar-refractivity contribution is 7.88. The number of benzene rings is 5. The summed E-state index contributed by atoms with van der Waals surface area (Å²) in [6, 6.07) is 35.4. The van der Waals surface area contributed by atoms with Gasteiger partial charge in [0.25, 0.3) is 0 Å². The summed E-state index contributed by atoms with van der Waals surface area (Å²) >= 11 is 0. The first-order chi connectivity index (χ1) is 19.4. The Kier molecular flexibility index (Phi) is 5.29. The number of hydrogen-bond acceptors (Lipinski definition) is 4. The minimum absolute atomic E-state index is 0.401. The minimum atomic E-state index is -3.49. The Labute approximate surface area is 232 Å². The molecule has 190 valence electrons. The Morgan fingerprint density at radius 2 is 1.23 bits per heavy atom. The molecule has 2 aliphatic heterocycles. The third kappa shape index (κ3) is 3.14. The van der Waals surface area contributed by atoms with E-state index in [2.05, 4.69) is 10.9 Å². The van der Waals surface area contributed by atoms with Crippen molar-refractivity contribution in [2.45, 2.75) is 6.92 Å². The van der Waals surface area contributed by atoms with Crippen molar-refractivity contribution in [2.24, 2.45) is 0 Å². The zero-order valence-electron chi connectivity index (χ0n) is 21.4. The van der Waals surface area contributed by atoms with Crippen molar-refractivity contribution in [1.29, 1.82) is 5.26 Å². The van der Waals surface area contributed by atoms with Crippen LogP contribution in [0.3, 0.4) is 0 Å². The first kappa shape index (κ1) is 24.4. The number of anilines is 3. The van der Waals surface area contributed by atoms with E-state index in [-0.39, 0.29) is 0 Å². The Morgan fingerprint density at radius 3 is 1.75 bits per heavy atom. The Morgan fingerprint density at radius 1 is 0.700 bits per heavy atom. The van der Waals surface area contributed by atoms with Gasteiger partial charge in [-0.2, -0.15) is 5.26 Å². The number of hydrogen-bond donors (Lipinski definition) is 0. The lowest BCUT2D eigenvalue weighted by Crippen LogP contribution is -2.46. The average molecular weight is 553 g/mol. The zero-order valence-corrected chi connectivity index (χ0v) is 23.2. The molecule has 0 fully saturated rings. The summed E-state index contributed by atoms with van der Waals surface area (Å²) in [5.74, 6) is 0. The second-order valence-corrected chi connectivity index (χ2v) is 15.4. The maximum Gasteiger partial charge on any atom is 0.188 e. The van der Waals surface area contributed by atoms with Crippen LogP contribution in [-0.4, -0.2) is 0 Å². The fourth-order valence-electron chi connectivity index (χ4n) is 5.97. The van der Waals surface area contributed by atoms with Crippen LogP contribution in [-0.2, 0) is 9.13 Å². The maximum absolute atomic E-state index is 15.6. The van der Waals surface area contributed by atoms with Crippen LogP contribution in [0, 0.1) is 24.8 Å². The van der Waals surface area contributed by atoms with Gasteiger partial charge in [-0.05, 0) is 55.0 Å². The minimum Gasteiger partial charge on any atom is -0.309 e. The molecule has 7 heteroatoms. The van der Waals surface area contributed by atoms with E-state index >= 15 is 9.13 Å². The van der Waals surface area contributed by atoms with Crippen molar-refractivity contribution in [3.8, 4) is 6.07 Å². The van der Waals surface area contributed by atoms with Gasteiger partial charge in [0.05, 0.1) is 35.3 Å². The van der Waals surface area contributed by atoms with Crippen LogP contribution in [0.25, 0.3) is 4.85 Å². The monoisotopic (exact) mass is 553 g/mol. The highest BCUT2D eigenvalue weighted by Gasteiger charge is 2.49. The van der Waals surface area contributed by atoms with E-state index in [0.717, 1.165) is 5.56 Å². The molecule has 2 aliphatic rings. The highest BCUT2D eigenvalue weighted by atomic mass is 31.2. The highest BCUT2D eigenvalue weighted by Crippen LogP contribution is 2.60. The van der Waals surface area contributed by atoms with Gasteiger partial charge >= 0.3 is 0 Å². The lowest BCUT2D eigenvalue weighted by molar-refractivity contribution is 0.592. The molecule has 2 heterocycles. The van der Waals surface area contributed by atoms with Crippen LogP contribution in [0.15, 0.2) is 109 Å². The predicted molar refractivity (Wildman–Crippen MR) is 163 cm³/mol. The quantitative estimate of drug-likeness (QED) is 0.201. The molecular formula is C33H21N3O2P2. The zero-order chi connectivity index (χ0) is 27.6. The molecule has 5 aromatic rings. The molecule has 0 spiro atoms. The van der Waals surface area contributed by atoms with Gasteiger partial charge in [0.1, 0.15) is 0 Å².